The van der Waals surface area contributed by atoms with Crippen molar-refractivity contribution in [2.24, 2.45) is 11.3 Å². The van der Waals surface area contributed by atoms with Crippen LogP contribution < -0.4 is 10.0 Å². The summed E-state index contributed by atoms with van der Waals surface area (Å²) >= 11 is 0. The average Bonchev–Trinajstić information content (AvgIpc) is 3.25. The number of halogens is 2. The van der Waals surface area contributed by atoms with Gasteiger partial charge in [0.2, 0.25) is 12.0 Å². The second-order valence-electron chi connectivity index (χ2n) is 8.44. The van der Waals surface area contributed by atoms with Crippen molar-refractivity contribution in [1.82, 2.24) is 20.1 Å². The van der Waals surface area contributed by atoms with Gasteiger partial charge in [-0.05, 0) is 11.8 Å². The number of amides is 1. The van der Waals surface area contributed by atoms with E-state index in [2.05, 4.69) is 15.4 Å². The number of rotatable bonds is 4. The van der Waals surface area contributed by atoms with Crippen molar-refractivity contribution in [3.63, 3.8) is 0 Å². The molecule has 2 aromatic rings. The van der Waals surface area contributed by atoms with Gasteiger partial charge in [0.1, 0.15) is 0 Å². The molecule has 10 heteroatoms. The molecule has 1 saturated carbocycles. The Kier molecular flexibility index (Phi) is 3.97. The van der Waals surface area contributed by atoms with Crippen LogP contribution in [0, 0.1) is 16.5 Å². The number of fused-ring (bicyclic) bond motifs is 3. The summed E-state index contributed by atoms with van der Waals surface area (Å²) in [7, 11) is 0. The highest BCUT2D eigenvalue weighted by atomic mass is 19.3. The van der Waals surface area contributed by atoms with Crippen LogP contribution in [0.4, 0.5) is 8.78 Å². The Hall–Kier alpha value is -2.62. The van der Waals surface area contributed by atoms with Crippen LogP contribution in [0.3, 0.4) is 0 Å². The lowest BCUT2D eigenvalue weighted by Crippen LogP contribution is -2.46. The molecular weight excluding hydrogens is 372 g/mol. The third-order valence-electron chi connectivity index (χ3n) is 5.49. The SMILES string of the molecule is CC(C)(C)C(CO)NC(=O)c1nn(-c2c[n+]([O-])ccn2)c2c1C(F)(F)[C@@H]1C[C@H]21. The predicted molar refractivity (Wildman–Crippen MR) is 92.9 cm³/mol. The number of aliphatic hydroxyl groups excluding tert-OH is 1. The molecule has 2 aromatic heterocycles. The third kappa shape index (κ3) is 2.74. The van der Waals surface area contributed by atoms with Crippen LogP contribution in [0.5, 0.6) is 0 Å². The van der Waals surface area contributed by atoms with Crippen molar-refractivity contribution in [2.75, 3.05) is 6.61 Å². The lowest BCUT2D eigenvalue weighted by molar-refractivity contribution is -0.605. The van der Waals surface area contributed by atoms with Crippen LogP contribution in [0.2, 0.25) is 0 Å². The van der Waals surface area contributed by atoms with Gasteiger partial charge in [0.05, 0.1) is 30.1 Å². The Balaban J connectivity index is 1.80. The van der Waals surface area contributed by atoms with Crippen molar-refractivity contribution >= 4 is 5.91 Å². The molecule has 0 aromatic carbocycles. The quantitative estimate of drug-likeness (QED) is 0.601. The number of carbonyl (C=O) groups is 1. The average molecular weight is 393 g/mol. The summed E-state index contributed by atoms with van der Waals surface area (Å²) in [6.45, 7) is 5.13. The maximum Gasteiger partial charge on any atom is 0.280 e. The highest BCUT2D eigenvalue weighted by Crippen LogP contribution is 2.67. The fourth-order valence-electron chi connectivity index (χ4n) is 3.76. The number of aliphatic hydroxyl groups is 1. The Morgan fingerprint density at radius 1 is 1.54 bits per heavy atom. The van der Waals surface area contributed by atoms with E-state index in [-0.39, 0.29) is 18.1 Å². The fourth-order valence-corrected chi connectivity index (χ4v) is 3.76. The highest BCUT2D eigenvalue weighted by Gasteiger charge is 2.67. The second-order valence-corrected chi connectivity index (χ2v) is 8.44. The first-order chi connectivity index (χ1) is 13.1. The molecule has 0 aliphatic heterocycles. The molecule has 2 N–H and O–H groups in total. The van der Waals surface area contributed by atoms with Crippen molar-refractivity contribution < 1.29 is 23.4 Å². The van der Waals surface area contributed by atoms with Crippen LogP contribution in [-0.2, 0) is 5.92 Å². The summed E-state index contributed by atoms with van der Waals surface area (Å²) in [5.74, 6) is -5.17. The second kappa shape index (κ2) is 5.94. The highest BCUT2D eigenvalue weighted by molar-refractivity contribution is 5.95. The van der Waals surface area contributed by atoms with E-state index in [0.717, 1.165) is 6.20 Å². The van der Waals surface area contributed by atoms with Gasteiger partial charge in [-0.3, -0.25) is 4.79 Å². The summed E-state index contributed by atoms with van der Waals surface area (Å²) in [6.07, 6.45) is 3.84. The van der Waals surface area contributed by atoms with E-state index in [4.69, 9.17) is 0 Å². The first-order valence-corrected chi connectivity index (χ1v) is 9.03. The number of hydrogen-bond donors (Lipinski definition) is 2. The molecule has 1 fully saturated rings. The smallest absolute Gasteiger partial charge is 0.280 e. The summed E-state index contributed by atoms with van der Waals surface area (Å²) < 4.78 is 31.4. The van der Waals surface area contributed by atoms with Crippen LogP contribution >= 0.6 is 0 Å². The predicted octanol–water partition coefficient (Wildman–Crippen LogP) is 1.25. The topological polar surface area (TPSA) is 107 Å². The van der Waals surface area contributed by atoms with Gasteiger partial charge in [-0.25, -0.2) is 18.4 Å². The number of nitrogens with one attached hydrogen (secondary N) is 1. The van der Waals surface area contributed by atoms with Crippen LogP contribution in [0.1, 0.15) is 54.9 Å². The Labute approximate surface area is 159 Å². The first kappa shape index (κ1) is 18.7. The van der Waals surface area contributed by atoms with Gasteiger partial charge < -0.3 is 15.6 Å². The van der Waals surface area contributed by atoms with E-state index in [0.29, 0.717) is 11.2 Å². The third-order valence-corrected chi connectivity index (χ3v) is 5.49. The number of aromatic nitrogens is 4. The van der Waals surface area contributed by atoms with E-state index in [1.54, 1.807) is 0 Å². The van der Waals surface area contributed by atoms with Gasteiger partial charge in [-0.1, -0.05) is 20.8 Å². The zero-order chi connectivity index (χ0) is 20.4. The van der Waals surface area contributed by atoms with Gasteiger partial charge in [0, 0.05) is 11.8 Å². The van der Waals surface area contributed by atoms with Crippen molar-refractivity contribution in [3.8, 4) is 5.82 Å². The Bertz CT molecular complexity index is 953. The van der Waals surface area contributed by atoms with Crippen molar-refractivity contribution in [2.45, 2.75) is 45.1 Å². The van der Waals surface area contributed by atoms with Crippen molar-refractivity contribution in [3.05, 3.63) is 40.7 Å². The molecule has 0 saturated heterocycles. The molecule has 4 rings (SSSR count). The summed E-state index contributed by atoms with van der Waals surface area (Å²) in [5.41, 5.74) is -1.04. The molecule has 150 valence electrons. The van der Waals surface area contributed by atoms with E-state index < -0.39 is 46.4 Å². The number of carbonyl (C=O) groups excluding carboxylic acids is 1. The summed E-state index contributed by atoms with van der Waals surface area (Å²) in [5, 5.41) is 27.9. The molecular formula is C18H21F2N5O3. The van der Waals surface area contributed by atoms with Crippen molar-refractivity contribution in [1.29, 1.82) is 0 Å². The minimum atomic E-state index is -3.18. The monoisotopic (exact) mass is 393 g/mol. The van der Waals surface area contributed by atoms with E-state index in [1.807, 2.05) is 20.8 Å². The number of hydrogen-bond acceptors (Lipinski definition) is 5. The molecule has 8 nitrogen and oxygen atoms in total. The molecule has 1 unspecified atom stereocenters. The molecule has 2 aliphatic carbocycles. The number of alkyl halides is 2. The van der Waals surface area contributed by atoms with E-state index in [1.165, 1.54) is 17.1 Å². The summed E-state index contributed by atoms with van der Waals surface area (Å²) in [4.78, 5) is 16.9. The maximum atomic E-state index is 14.9. The molecule has 0 bridgehead atoms. The molecule has 1 amide bonds. The maximum absolute atomic E-state index is 14.9. The standard InChI is InChI=1S/C18H21F2N5O3/c1-17(2,3)11(8-26)22-16(27)14-13-15(9-6-10(9)18(13,19)20)25(23-14)12-7-24(28)5-4-21-12/h4-5,7,9-11,26H,6,8H2,1-3H3,(H,22,27)/t9-,10+,11?/m0/s1. The molecule has 0 radical (unpaired) electrons. The van der Waals surface area contributed by atoms with Crippen LogP contribution in [0.25, 0.3) is 5.82 Å². The van der Waals surface area contributed by atoms with E-state index >= 15 is 0 Å². The molecule has 0 spiro atoms. The number of nitrogens with zero attached hydrogens (tertiary/aromatic N) is 4. The minimum Gasteiger partial charge on any atom is -0.619 e. The van der Waals surface area contributed by atoms with E-state index in [9.17, 15) is 23.9 Å². The summed E-state index contributed by atoms with van der Waals surface area (Å²) in [6, 6.07) is -0.635. The molecule has 28 heavy (non-hydrogen) atoms. The van der Waals surface area contributed by atoms with Gasteiger partial charge >= 0.3 is 0 Å². The Morgan fingerprint density at radius 3 is 2.86 bits per heavy atom. The zero-order valence-electron chi connectivity index (χ0n) is 15.7. The van der Waals surface area contributed by atoms with Crippen LogP contribution in [-0.4, -0.2) is 38.4 Å². The molecule has 2 aliphatic rings. The lowest BCUT2D eigenvalue weighted by Gasteiger charge is -2.29. The van der Waals surface area contributed by atoms with Gasteiger partial charge in [-0.15, -0.1) is 0 Å². The lowest BCUT2D eigenvalue weighted by atomic mass is 9.87. The van der Waals surface area contributed by atoms with Crippen LogP contribution in [0.15, 0.2) is 18.6 Å². The normalized spacial score (nSPS) is 23.1. The van der Waals surface area contributed by atoms with Gasteiger partial charge in [0.25, 0.3) is 11.8 Å². The minimum absolute atomic E-state index is 0.0747. The zero-order valence-corrected chi connectivity index (χ0v) is 15.7. The van der Waals surface area contributed by atoms with Gasteiger partial charge in [-0.2, -0.15) is 9.83 Å². The van der Waals surface area contributed by atoms with Gasteiger partial charge in [0.15, 0.2) is 11.9 Å². The first-order valence-electron chi connectivity index (χ1n) is 9.03. The fraction of sp³-hybridized carbons (Fsp3) is 0.556. The molecule has 3 atom stereocenters. The largest absolute Gasteiger partial charge is 0.619 e. The molecule has 2 heterocycles. The Morgan fingerprint density at radius 2 is 2.25 bits per heavy atom.